The molecule has 1 unspecified atom stereocenters. The minimum atomic E-state index is -3.69. The number of thiophene rings is 1. The Balaban J connectivity index is 1.36. The first-order valence-corrected chi connectivity index (χ1v) is 12.9. The van der Waals surface area contributed by atoms with Crippen LogP contribution in [-0.2, 0) is 21.2 Å². The molecule has 1 N–H and O–H groups in total. The number of hydrogen-bond donors (Lipinski definition) is 1. The number of carbonyl (C=O) groups is 1. The third kappa shape index (κ3) is 5.08. The van der Waals surface area contributed by atoms with Crippen molar-refractivity contribution in [1.82, 2.24) is 19.8 Å². The molecule has 1 saturated heterocycles. The number of nitrogens with zero attached hydrogens (tertiary/aromatic N) is 3. The standard InChI is InChI=1S/C22H26N4O4S2/c1-15-5-7-17(8-6-15)9-10-23-22(27)18-4-3-11-26(13-18)32(28,29)20-12-19(14-31-20)21-24-16(2)30-25-21/h5-8,12,14,18H,3-4,9-11,13H2,1-2H3,(H,23,27). The maximum Gasteiger partial charge on any atom is 0.252 e. The summed E-state index contributed by atoms with van der Waals surface area (Å²) in [6.07, 6.45) is 2.08. The van der Waals surface area contributed by atoms with Gasteiger partial charge in [0.15, 0.2) is 0 Å². The van der Waals surface area contributed by atoms with E-state index in [-0.39, 0.29) is 22.6 Å². The number of hydrogen-bond acceptors (Lipinski definition) is 7. The molecule has 3 aromatic rings. The van der Waals surface area contributed by atoms with Gasteiger partial charge in [-0.2, -0.15) is 9.29 Å². The van der Waals surface area contributed by atoms with E-state index in [1.54, 1.807) is 18.4 Å². The van der Waals surface area contributed by atoms with Crippen LogP contribution in [0.4, 0.5) is 0 Å². The molecule has 2 aromatic heterocycles. The van der Waals surface area contributed by atoms with E-state index in [2.05, 4.69) is 39.7 Å². The minimum Gasteiger partial charge on any atom is -0.355 e. The van der Waals surface area contributed by atoms with Crippen LogP contribution in [-0.4, -0.2) is 48.4 Å². The van der Waals surface area contributed by atoms with Crippen molar-refractivity contribution in [2.24, 2.45) is 5.92 Å². The molecule has 1 aliphatic rings. The summed E-state index contributed by atoms with van der Waals surface area (Å²) >= 11 is 1.12. The van der Waals surface area contributed by atoms with E-state index >= 15 is 0 Å². The monoisotopic (exact) mass is 474 g/mol. The Hall–Kier alpha value is -2.56. The van der Waals surface area contributed by atoms with Gasteiger partial charge in [-0.05, 0) is 37.8 Å². The normalized spacial score (nSPS) is 17.4. The minimum absolute atomic E-state index is 0.0915. The SMILES string of the molecule is Cc1ccc(CCNC(=O)C2CCCN(S(=O)(=O)c3cc(-c4noc(C)n4)cs3)C2)cc1. The fourth-order valence-electron chi connectivity index (χ4n) is 3.72. The number of nitrogens with one attached hydrogen (secondary N) is 1. The second-order valence-electron chi connectivity index (χ2n) is 8.02. The van der Waals surface area contributed by atoms with Crippen molar-refractivity contribution >= 4 is 27.3 Å². The number of rotatable bonds is 7. The van der Waals surface area contributed by atoms with E-state index in [4.69, 9.17) is 4.52 Å². The first kappa shape index (κ1) is 22.6. The molecule has 1 aliphatic heterocycles. The van der Waals surface area contributed by atoms with Crippen LogP contribution >= 0.6 is 11.3 Å². The number of sulfonamides is 1. The van der Waals surface area contributed by atoms with Crippen molar-refractivity contribution in [2.75, 3.05) is 19.6 Å². The first-order chi connectivity index (χ1) is 15.3. The second-order valence-corrected chi connectivity index (χ2v) is 11.1. The quantitative estimate of drug-likeness (QED) is 0.564. The molecule has 10 heteroatoms. The number of amides is 1. The lowest BCUT2D eigenvalue weighted by Crippen LogP contribution is -2.45. The number of benzene rings is 1. The molecule has 3 heterocycles. The Morgan fingerprint density at radius 2 is 2.06 bits per heavy atom. The summed E-state index contributed by atoms with van der Waals surface area (Å²) in [5.74, 6) is 0.342. The summed E-state index contributed by atoms with van der Waals surface area (Å²) < 4.78 is 33.0. The smallest absolute Gasteiger partial charge is 0.252 e. The van der Waals surface area contributed by atoms with E-state index in [1.165, 1.54) is 9.87 Å². The molecule has 0 spiro atoms. The molecule has 4 rings (SSSR count). The van der Waals surface area contributed by atoms with Gasteiger partial charge in [0.1, 0.15) is 4.21 Å². The van der Waals surface area contributed by atoms with Crippen molar-refractivity contribution in [3.63, 3.8) is 0 Å². The van der Waals surface area contributed by atoms with Crippen molar-refractivity contribution in [3.8, 4) is 11.4 Å². The van der Waals surface area contributed by atoms with Crippen LogP contribution in [0.2, 0.25) is 0 Å². The molecule has 1 fully saturated rings. The fraction of sp³-hybridized carbons (Fsp3) is 0.409. The van der Waals surface area contributed by atoms with Crippen LogP contribution in [0.25, 0.3) is 11.4 Å². The van der Waals surface area contributed by atoms with Crippen LogP contribution in [0, 0.1) is 19.8 Å². The van der Waals surface area contributed by atoms with Crippen LogP contribution in [0.1, 0.15) is 29.9 Å². The van der Waals surface area contributed by atoms with Gasteiger partial charge in [-0.25, -0.2) is 8.42 Å². The molecule has 8 nitrogen and oxygen atoms in total. The van der Waals surface area contributed by atoms with Gasteiger partial charge in [-0.1, -0.05) is 35.0 Å². The Morgan fingerprint density at radius 3 is 2.78 bits per heavy atom. The Bertz CT molecular complexity index is 1180. The molecule has 1 atom stereocenters. The zero-order valence-electron chi connectivity index (χ0n) is 18.1. The third-order valence-corrected chi connectivity index (χ3v) is 8.82. The average molecular weight is 475 g/mol. The number of aryl methyl sites for hydroxylation is 2. The molecule has 0 bridgehead atoms. The summed E-state index contributed by atoms with van der Waals surface area (Å²) in [5, 5.41) is 8.52. The molecule has 170 valence electrons. The maximum absolute atomic E-state index is 13.2. The van der Waals surface area contributed by atoms with Crippen LogP contribution in [0.5, 0.6) is 0 Å². The van der Waals surface area contributed by atoms with E-state index in [1.807, 2.05) is 6.92 Å². The van der Waals surface area contributed by atoms with Crippen LogP contribution in [0.3, 0.4) is 0 Å². The van der Waals surface area contributed by atoms with Gasteiger partial charge in [0, 0.05) is 37.5 Å². The van der Waals surface area contributed by atoms with Gasteiger partial charge < -0.3 is 9.84 Å². The van der Waals surface area contributed by atoms with E-state index in [0.29, 0.717) is 43.2 Å². The lowest BCUT2D eigenvalue weighted by atomic mass is 9.98. The summed E-state index contributed by atoms with van der Waals surface area (Å²) in [4.78, 5) is 16.8. The highest BCUT2D eigenvalue weighted by molar-refractivity contribution is 7.91. The average Bonchev–Trinajstić information content (AvgIpc) is 3.45. The Kier molecular flexibility index (Phi) is 6.73. The topological polar surface area (TPSA) is 105 Å². The predicted octanol–water partition coefficient (Wildman–Crippen LogP) is 3.17. The first-order valence-electron chi connectivity index (χ1n) is 10.6. The van der Waals surface area contributed by atoms with Gasteiger partial charge in [0.25, 0.3) is 10.0 Å². The summed E-state index contributed by atoms with van der Waals surface area (Å²) in [6, 6.07) is 9.78. The largest absolute Gasteiger partial charge is 0.355 e. The molecule has 1 amide bonds. The van der Waals surface area contributed by atoms with Gasteiger partial charge in [0.2, 0.25) is 17.6 Å². The van der Waals surface area contributed by atoms with Crippen molar-refractivity contribution in [2.45, 2.75) is 37.3 Å². The molecule has 0 radical (unpaired) electrons. The molecule has 0 aliphatic carbocycles. The molecule has 32 heavy (non-hydrogen) atoms. The molecular formula is C22H26N4O4S2. The lowest BCUT2D eigenvalue weighted by molar-refractivity contribution is -0.126. The molecule has 0 saturated carbocycles. The highest BCUT2D eigenvalue weighted by Crippen LogP contribution is 2.31. The number of piperidine rings is 1. The second kappa shape index (κ2) is 9.51. The highest BCUT2D eigenvalue weighted by Gasteiger charge is 2.34. The van der Waals surface area contributed by atoms with Crippen molar-refractivity contribution in [1.29, 1.82) is 0 Å². The van der Waals surface area contributed by atoms with E-state index in [0.717, 1.165) is 23.3 Å². The van der Waals surface area contributed by atoms with E-state index < -0.39 is 10.0 Å². The van der Waals surface area contributed by atoms with Crippen LogP contribution in [0.15, 0.2) is 44.4 Å². The third-order valence-electron chi connectivity index (χ3n) is 5.54. The van der Waals surface area contributed by atoms with Crippen molar-refractivity contribution in [3.05, 3.63) is 52.7 Å². The van der Waals surface area contributed by atoms with Crippen LogP contribution < -0.4 is 5.32 Å². The summed E-state index contributed by atoms with van der Waals surface area (Å²) in [7, 11) is -3.69. The summed E-state index contributed by atoms with van der Waals surface area (Å²) in [6.45, 7) is 4.85. The molecular weight excluding hydrogens is 448 g/mol. The lowest BCUT2D eigenvalue weighted by Gasteiger charge is -2.30. The zero-order valence-corrected chi connectivity index (χ0v) is 19.7. The maximum atomic E-state index is 13.2. The summed E-state index contributed by atoms with van der Waals surface area (Å²) in [5.41, 5.74) is 2.97. The predicted molar refractivity (Wildman–Crippen MR) is 122 cm³/mol. The molecule has 1 aromatic carbocycles. The highest BCUT2D eigenvalue weighted by atomic mass is 32.2. The fourth-order valence-corrected chi connectivity index (χ4v) is 6.55. The Labute approximate surface area is 191 Å². The van der Waals surface area contributed by atoms with E-state index in [9.17, 15) is 13.2 Å². The van der Waals surface area contributed by atoms with Gasteiger partial charge in [-0.3, -0.25) is 4.79 Å². The van der Waals surface area contributed by atoms with Gasteiger partial charge in [-0.15, -0.1) is 11.3 Å². The zero-order chi connectivity index (χ0) is 22.7. The number of aromatic nitrogens is 2. The van der Waals surface area contributed by atoms with Gasteiger partial charge in [0.05, 0.1) is 5.92 Å². The Morgan fingerprint density at radius 1 is 1.28 bits per heavy atom. The number of carbonyl (C=O) groups excluding carboxylic acids is 1. The van der Waals surface area contributed by atoms with Gasteiger partial charge >= 0.3 is 0 Å². The van der Waals surface area contributed by atoms with Crippen molar-refractivity contribution < 1.29 is 17.7 Å².